The summed E-state index contributed by atoms with van der Waals surface area (Å²) in [6, 6.07) is 1.52. The molecule has 15 heavy (non-hydrogen) atoms. The van der Waals surface area contributed by atoms with E-state index in [0.717, 1.165) is 5.69 Å². The maximum Gasteiger partial charge on any atom is 0.334 e. The van der Waals surface area contributed by atoms with Crippen molar-refractivity contribution in [2.45, 2.75) is 13.0 Å². The molecular weight excluding hydrogens is 202 g/mol. The summed E-state index contributed by atoms with van der Waals surface area (Å²) in [6.45, 7) is 1.38. The highest BCUT2D eigenvalue weighted by atomic mass is 16.4. The molecule has 7 heteroatoms. The molecule has 1 aromatic heterocycles. The Balaban J connectivity index is 2.47. The van der Waals surface area contributed by atoms with Gasteiger partial charge in [-0.2, -0.15) is 5.10 Å². The molecule has 1 aromatic rings. The third kappa shape index (κ3) is 3.06. The summed E-state index contributed by atoms with van der Waals surface area (Å²) in [6.07, 6.45) is -1.60. The molecule has 0 bridgehead atoms. The first-order valence-corrected chi connectivity index (χ1v) is 4.22. The lowest BCUT2D eigenvalue weighted by Gasteiger charge is -2.05. The van der Waals surface area contributed by atoms with Gasteiger partial charge in [-0.15, -0.1) is 0 Å². The van der Waals surface area contributed by atoms with Gasteiger partial charge in [0.1, 0.15) is 5.69 Å². The maximum atomic E-state index is 11.3. The number of carboxylic acid groups (broad SMARTS) is 1. The van der Waals surface area contributed by atoms with Crippen molar-refractivity contribution in [3.63, 3.8) is 0 Å². The molecule has 0 fully saturated rings. The lowest BCUT2D eigenvalue weighted by atomic mass is 10.3. The molecule has 0 aromatic carbocycles. The van der Waals surface area contributed by atoms with Crippen molar-refractivity contribution >= 4 is 11.9 Å². The number of rotatable bonds is 4. The Morgan fingerprint density at radius 3 is 2.80 bits per heavy atom. The van der Waals surface area contributed by atoms with E-state index >= 15 is 0 Å². The number of H-pyrrole nitrogens is 1. The predicted octanol–water partition coefficient (Wildman–Crippen LogP) is -1.11. The van der Waals surface area contributed by atoms with Crippen LogP contribution in [0.25, 0.3) is 0 Å². The zero-order chi connectivity index (χ0) is 11.4. The molecule has 0 spiro atoms. The largest absolute Gasteiger partial charge is 0.479 e. The molecule has 1 heterocycles. The standard InChI is InChI=1S/C8H11N3O4/c1-4-2-5(11-10-4)7(13)9-3-6(12)8(14)15/h2,6,12H,3H2,1H3,(H,9,13)(H,10,11)(H,14,15). The van der Waals surface area contributed by atoms with E-state index in [-0.39, 0.29) is 12.2 Å². The molecule has 1 atom stereocenters. The number of aryl methyl sites for hydroxylation is 1. The number of aromatic nitrogens is 2. The Labute approximate surface area is 85.1 Å². The number of carbonyl (C=O) groups excluding carboxylic acids is 1. The zero-order valence-electron chi connectivity index (χ0n) is 8.02. The van der Waals surface area contributed by atoms with E-state index in [0.29, 0.717) is 0 Å². The number of carboxylic acids is 1. The number of aliphatic carboxylic acids is 1. The first-order chi connectivity index (χ1) is 7.00. The molecule has 7 nitrogen and oxygen atoms in total. The van der Waals surface area contributed by atoms with Crippen molar-refractivity contribution in [3.05, 3.63) is 17.5 Å². The normalized spacial score (nSPS) is 12.1. The Morgan fingerprint density at radius 2 is 2.33 bits per heavy atom. The van der Waals surface area contributed by atoms with Crippen molar-refractivity contribution < 1.29 is 19.8 Å². The van der Waals surface area contributed by atoms with Gasteiger partial charge in [0.15, 0.2) is 6.10 Å². The Morgan fingerprint density at radius 1 is 1.67 bits per heavy atom. The van der Waals surface area contributed by atoms with Gasteiger partial charge in [-0.05, 0) is 13.0 Å². The molecule has 1 amide bonds. The third-order valence-electron chi connectivity index (χ3n) is 1.68. The average molecular weight is 213 g/mol. The highest BCUT2D eigenvalue weighted by Crippen LogP contribution is 1.96. The summed E-state index contributed by atoms with van der Waals surface area (Å²) in [5.41, 5.74) is 0.879. The number of hydrogen-bond acceptors (Lipinski definition) is 4. The molecule has 4 N–H and O–H groups in total. The van der Waals surface area contributed by atoms with Gasteiger partial charge in [0.05, 0.1) is 6.54 Å². The van der Waals surface area contributed by atoms with Crippen LogP contribution in [0, 0.1) is 6.92 Å². The summed E-state index contributed by atoms with van der Waals surface area (Å²) in [4.78, 5) is 21.5. The second kappa shape index (κ2) is 4.56. The molecule has 0 radical (unpaired) electrons. The molecule has 0 aliphatic rings. The fourth-order valence-corrected chi connectivity index (χ4v) is 0.902. The van der Waals surface area contributed by atoms with Gasteiger partial charge in [0, 0.05) is 5.69 Å². The van der Waals surface area contributed by atoms with Gasteiger partial charge in [0.25, 0.3) is 5.91 Å². The van der Waals surface area contributed by atoms with Crippen molar-refractivity contribution in [1.82, 2.24) is 15.5 Å². The van der Waals surface area contributed by atoms with Gasteiger partial charge >= 0.3 is 5.97 Å². The van der Waals surface area contributed by atoms with Gasteiger partial charge in [-0.1, -0.05) is 0 Å². The van der Waals surface area contributed by atoms with E-state index < -0.39 is 18.0 Å². The quantitative estimate of drug-likeness (QED) is 0.506. The zero-order valence-corrected chi connectivity index (χ0v) is 8.02. The highest BCUT2D eigenvalue weighted by Gasteiger charge is 2.15. The number of amides is 1. The van der Waals surface area contributed by atoms with Crippen molar-refractivity contribution in [1.29, 1.82) is 0 Å². The minimum absolute atomic E-state index is 0.157. The first-order valence-electron chi connectivity index (χ1n) is 4.22. The highest BCUT2D eigenvalue weighted by molar-refractivity contribution is 5.92. The third-order valence-corrected chi connectivity index (χ3v) is 1.68. The molecule has 1 rings (SSSR count). The number of aromatic amines is 1. The van der Waals surface area contributed by atoms with E-state index in [1.165, 1.54) is 6.07 Å². The van der Waals surface area contributed by atoms with E-state index in [1.54, 1.807) is 6.92 Å². The number of aliphatic hydroxyl groups is 1. The SMILES string of the molecule is Cc1cc(C(=O)NCC(O)C(=O)O)n[nH]1. The molecule has 0 saturated heterocycles. The summed E-state index contributed by atoms with van der Waals surface area (Å²) in [5.74, 6) is -1.91. The number of nitrogens with one attached hydrogen (secondary N) is 2. The number of carbonyl (C=O) groups is 2. The first kappa shape index (κ1) is 11.2. The second-order valence-corrected chi connectivity index (χ2v) is 3.00. The lowest BCUT2D eigenvalue weighted by molar-refractivity contribution is -0.146. The molecule has 0 aliphatic carbocycles. The minimum atomic E-state index is -1.60. The van der Waals surface area contributed by atoms with Crippen LogP contribution in [0.4, 0.5) is 0 Å². The van der Waals surface area contributed by atoms with E-state index in [9.17, 15) is 9.59 Å². The summed E-state index contributed by atoms with van der Waals surface area (Å²) >= 11 is 0. The fraction of sp³-hybridized carbons (Fsp3) is 0.375. The Hall–Kier alpha value is -1.89. The van der Waals surface area contributed by atoms with Gasteiger partial charge in [-0.25, -0.2) is 4.79 Å². The van der Waals surface area contributed by atoms with Gasteiger partial charge in [-0.3, -0.25) is 9.89 Å². The van der Waals surface area contributed by atoms with Crippen LogP contribution in [0.2, 0.25) is 0 Å². The van der Waals surface area contributed by atoms with Crippen LogP contribution >= 0.6 is 0 Å². The molecule has 82 valence electrons. The Kier molecular flexibility index (Phi) is 3.40. The van der Waals surface area contributed by atoms with Crippen molar-refractivity contribution in [2.24, 2.45) is 0 Å². The van der Waals surface area contributed by atoms with E-state index in [2.05, 4.69) is 15.5 Å². The van der Waals surface area contributed by atoms with Crippen LogP contribution in [0.1, 0.15) is 16.2 Å². The predicted molar refractivity (Wildman–Crippen MR) is 49.3 cm³/mol. The topological polar surface area (TPSA) is 115 Å². The van der Waals surface area contributed by atoms with Crippen LogP contribution in [0.3, 0.4) is 0 Å². The average Bonchev–Trinajstić information content (AvgIpc) is 2.60. The van der Waals surface area contributed by atoms with Crippen LogP contribution in [-0.4, -0.2) is 44.9 Å². The van der Waals surface area contributed by atoms with E-state index in [1.807, 2.05) is 0 Å². The van der Waals surface area contributed by atoms with Crippen LogP contribution in [0.15, 0.2) is 6.07 Å². The van der Waals surface area contributed by atoms with E-state index in [4.69, 9.17) is 10.2 Å². The maximum absolute atomic E-state index is 11.3. The smallest absolute Gasteiger partial charge is 0.334 e. The molecule has 0 aliphatic heterocycles. The number of nitrogens with zero attached hydrogens (tertiary/aromatic N) is 1. The molecule has 1 unspecified atom stereocenters. The number of hydrogen-bond donors (Lipinski definition) is 4. The lowest BCUT2D eigenvalue weighted by Crippen LogP contribution is -2.36. The van der Waals surface area contributed by atoms with Crippen molar-refractivity contribution in [2.75, 3.05) is 6.54 Å². The Bertz CT molecular complexity index is 374. The summed E-state index contributed by atoms with van der Waals surface area (Å²) < 4.78 is 0. The number of aliphatic hydroxyl groups excluding tert-OH is 1. The van der Waals surface area contributed by atoms with Crippen LogP contribution < -0.4 is 5.32 Å². The summed E-state index contributed by atoms with van der Waals surface area (Å²) in [5, 5.41) is 25.7. The second-order valence-electron chi connectivity index (χ2n) is 3.00. The van der Waals surface area contributed by atoms with Crippen LogP contribution in [0.5, 0.6) is 0 Å². The van der Waals surface area contributed by atoms with Crippen LogP contribution in [-0.2, 0) is 4.79 Å². The molecule has 0 saturated carbocycles. The monoisotopic (exact) mass is 213 g/mol. The van der Waals surface area contributed by atoms with Crippen molar-refractivity contribution in [3.8, 4) is 0 Å². The minimum Gasteiger partial charge on any atom is -0.479 e. The van der Waals surface area contributed by atoms with Gasteiger partial charge in [0.2, 0.25) is 0 Å². The molecular formula is C8H11N3O4. The van der Waals surface area contributed by atoms with Gasteiger partial charge < -0.3 is 15.5 Å². The summed E-state index contributed by atoms with van der Waals surface area (Å²) in [7, 11) is 0. The fourth-order valence-electron chi connectivity index (χ4n) is 0.902.